The number of anilines is 1. The van der Waals surface area contributed by atoms with Gasteiger partial charge in [0.2, 0.25) is 5.91 Å². The molecule has 2 N–H and O–H groups in total. The van der Waals surface area contributed by atoms with Gasteiger partial charge in [0.1, 0.15) is 0 Å². The predicted octanol–water partition coefficient (Wildman–Crippen LogP) is 5.41. The van der Waals surface area contributed by atoms with Crippen LogP contribution in [-0.4, -0.2) is 36.5 Å². The molecule has 0 spiro atoms. The monoisotopic (exact) mass is 453 g/mol. The highest BCUT2D eigenvalue weighted by Gasteiger charge is 2.33. The number of benzene rings is 2. The topological polar surface area (TPSA) is 49.6 Å². The zero-order valence-electron chi connectivity index (χ0n) is 16.6. The number of rotatable bonds is 5. The van der Waals surface area contributed by atoms with Crippen molar-refractivity contribution in [2.75, 3.05) is 24.5 Å². The Morgan fingerprint density at radius 3 is 2.34 bits per heavy atom. The van der Waals surface area contributed by atoms with Crippen molar-refractivity contribution in [2.24, 2.45) is 11.7 Å². The van der Waals surface area contributed by atoms with Crippen LogP contribution in [0.4, 0.5) is 5.69 Å². The number of hydrogen-bond donors (Lipinski definition) is 1. The van der Waals surface area contributed by atoms with Gasteiger partial charge >= 0.3 is 0 Å². The van der Waals surface area contributed by atoms with E-state index >= 15 is 0 Å². The Balaban J connectivity index is 1.90. The normalized spacial score (nSPS) is 18.2. The molecule has 1 aliphatic heterocycles. The van der Waals surface area contributed by atoms with Gasteiger partial charge in [-0.15, -0.1) is 0 Å². The summed E-state index contributed by atoms with van der Waals surface area (Å²) in [4.78, 5) is 17.0. The first-order chi connectivity index (χ1) is 13.8. The molecule has 0 aromatic heterocycles. The van der Waals surface area contributed by atoms with Gasteiger partial charge < -0.3 is 15.5 Å². The Hall–Kier alpha value is -1.46. The number of amides is 1. The summed E-state index contributed by atoms with van der Waals surface area (Å²) in [7, 11) is 0. The number of nitrogens with zero attached hydrogens (tertiary/aromatic N) is 2. The molecule has 0 bridgehead atoms. The van der Waals surface area contributed by atoms with Gasteiger partial charge in [0, 0.05) is 29.7 Å². The van der Waals surface area contributed by atoms with Crippen LogP contribution < -0.4 is 10.6 Å². The van der Waals surface area contributed by atoms with Crippen molar-refractivity contribution in [1.29, 1.82) is 0 Å². The molecule has 0 radical (unpaired) electrons. The number of nitrogens with two attached hydrogens (primary N) is 1. The van der Waals surface area contributed by atoms with Crippen LogP contribution >= 0.6 is 34.8 Å². The number of hydrogen-bond acceptors (Lipinski definition) is 3. The molecule has 1 fully saturated rings. The maximum atomic E-state index is 12.9. The summed E-state index contributed by atoms with van der Waals surface area (Å²) < 4.78 is 0. The Labute approximate surface area is 187 Å². The van der Waals surface area contributed by atoms with Crippen LogP contribution in [-0.2, 0) is 4.79 Å². The fraction of sp³-hybridized carbons (Fsp3) is 0.409. The van der Waals surface area contributed by atoms with E-state index < -0.39 is 6.04 Å². The van der Waals surface area contributed by atoms with E-state index in [1.165, 1.54) is 0 Å². The van der Waals surface area contributed by atoms with Crippen LogP contribution in [0.15, 0.2) is 42.5 Å². The van der Waals surface area contributed by atoms with Crippen molar-refractivity contribution in [2.45, 2.75) is 32.4 Å². The average molecular weight is 455 g/mol. The van der Waals surface area contributed by atoms with Crippen LogP contribution in [0.5, 0.6) is 0 Å². The van der Waals surface area contributed by atoms with E-state index in [-0.39, 0.29) is 11.9 Å². The number of piperazine rings is 1. The van der Waals surface area contributed by atoms with Crippen LogP contribution in [0.3, 0.4) is 0 Å². The lowest BCUT2D eigenvalue weighted by atomic mass is 9.99. The van der Waals surface area contributed by atoms with Crippen molar-refractivity contribution in [3.05, 3.63) is 63.1 Å². The van der Waals surface area contributed by atoms with Crippen molar-refractivity contribution < 1.29 is 4.79 Å². The second kappa shape index (κ2) is 9.57. The maximum absolute atomic E-state index is 12.9. The smallest absolute Gasteiger partial charge is 0.239 e. The molecule has 29 heavy (non-hydrogen) atoms. The molecule has 0 aliphatic carbocycles. The minimum Gasteiger partial charge on any atom is -0.360 e. The fourth-order valence-electron chi connectivity index (χ4n) is 3.80. The van der Waals surface area contributed by atoms with Crippen LogP contribution in [0.25, 0.3) is 0 Å². The van der Waals surface area contributed by atoms with Crippen molar-refractivity contribution in [1.82, 2.24) is 4.90 Å². The third-order valence-corrected chi connectivity index (χ3v) is 6.00. The molecule has 156 valence electrons. The Morgan fingerprint density at radius 2 is 1.72 bits per heavy atom. The summed E-state index contributed by atoms with van der Waals surface area (Å²) in [5.74, 6) is 0.370. The summed E-state index contributed by atoms with van der Waals surface area (Å²) in [5.41, 5.74) is 8.14. The first kappa shape index (κ1) is 22.2. The number of carbonyl (C=O) groups is 1. The largest absolute Gasteiger partial charge is 0.360 e. The molecule has 2 aromatic rings. The molecule has 1 heterocycles. The van der Waals surface area contributed by atoms with Crippen molar-refractivity contribution in [3.63, 3.8) is 0 Å². The zero-order chi connectivity index (χ0) is 21.1. The van der Waals surface area contributed by atoms with Gasteiger partial charge in [-0.25, -0.2) is 0 Å². The highest BCUT2D eigenvalue weighted by molar-refractivity contribution is 6.36. The van der Waals surface area contributed by atoms with E-state index in [1.54, 1.807) is 6.07 Å². The Kier molecular flexibility index (Phi) is 7.33. The minimum absolute atomic E-state index is 0.000448. The van der Waals surface area contributed by atoms with E-state index in [9.17, 15) is 4.79 Å². The Morgan fingerprint density at radius 1 is 1.07 bits per heavy atom. The molecular weight excluding hydrogens is 429 g/mol. The average Bonchev–Trinajstić information content (AvgIpc) is 2.67. The molecule has 1 saturated heterocycles. The van der Waals surface area contributed by atoms with Crippen LogP contribution in [0.1, 0.15) is 31.9 Å². The highest BCUT2D eigenvalue weighted by Crippen LogP contribution is 2.37. The van der Waals surface area contributed by atoms with E-state index in [0.717, 1.165) is 11.3 Å². The van der Waals surface area contributed by atoms with Gasteiger partial charge in [-0.2, -0.15) is 0 Å². The quantitative estimate of drug-likeness (QED) is 0.657. The third kappa shape index (κ3) is 5.37. The van der Waals surface area contributed by atoms with E-state index in [0.29, 0.717) is 47.0 Å². The summed E-state index contributed by atoms with van der Waals surface area (Å²) in [6, 6.07) is 12.7. The van der Waals surface area contributed by atoms with Gasteiger partial charge in [-0.3, -0.25) is 4.79 Å². The summed E-state index contributed by atoms with van der Waals surface area (Å²) >= 11 is 18.7. The van der Waals surface area contributed by atoms with Crippen molar-refractivity contribution in [3.8, 4) is 0 Å². The molecule has 7 heteroatoms. The van der Waals surface area contributed by atoms with Gasteiger partial charge in [0.15, 0.2) is 0 Å². The molecule has 3 rings (SSSR count). The number of halogens is 3. The second-order valence-corrected chi connectivity index (χ2v) is 9.16. The first-order valence-electron chi connectivity index (χ1n) is 9.77. The second-order valence-electron chi connectivity index (χ2n) is 7.88. The number of carbonyl (C=O) groups excluding carboxylic acids is 1. The fourth-order valence-corrected chi connectivity index (χ4v) is 4.44. The Bertz CT molecular complexity index is 857. The molecular formula is C22H26Cl3N3O. The van der Waals surface area contributed by atoms with E-state index in [1.807, 2.05) is 41.3 Å². The van der Waals surface area contributed by atoms with Gasteiger partial charge in [-0.1, -0.05) is 60.8 Å². The molecule has 0 unspecified atom stereocenters. The van der Waals surface area contributed by atoms with Gasteiger partial charge in [0.05, 0.1) is 22.8 Å². The van der Waals surface area contributed by atoms with E-state index in [4.69, 9.17) is 40.5 Å². The van der Waals surface area contributed by atoms with Crippen LogP contribution in [0, 0.1) is 5.92 Å². The first-order valence-corrected chi connectivity index (χ1v) is 10.9. The molecule has 1 amide bonds. The lowest BCUT2D eigenvalue weighted by Crippen LogP contribution is -2.54. The summed E-state index contributed by atoms with van der Waals surface area (Å²) in [5, 5.41) is 1.86. The third-order valence-electron chi connectivity index (χ3n) is 5.21. The molecule has 2 aromatic carbocycles. The lowest BCUT2D eigenvalue weighted by Gasteiger charge is -2.44. The van der Waals surface area contributed by atoms with E-state index in [2.05, 4.69) is 18.7 Å². The summed E-state index contributed by atoms with van der Waals surface area (Å²) in [6.45, 7) is 5.92. The maximum Gasteiger partial charge on any atom is 0.239 e. The lowest BCUT2D eigenvalue weighted by molar-refractivity contribution is -0.133. The van der Waals surface area contributed by atoms with Gasteiger partial charge in [0.25, 0.3) is 0 Å². The zero-order valence-corrected chi connectivity index (χ0v) is 18.9. The molecule has 2 atom stereocenters. The standard InChI is InChI=1S/C22H26Cl3N3O/c1-14(2)11-19(26)22(29)27-9-10-28(20-8-7-17(24)12-18(20)25)21(13-27)15-3-5-16(23)6-4-15/h3-8,12,14,19,21H,9-11,13,26H2,1-2H3/t19-,21-/m0/s1. The molecule has 0 saturated carbocycles. The SMILES string of the molecule is CC(C)C[C@H](N)C(=O)N1CCN(c2ccc(Cl)cc2Cl)[C@H](c2ccc(Cl)cc2)C1. The van der Waals surface area contributed by atoms with Crippen LogP contribution in [0.2, 0.25) is 15.1 Å². The van der Waals surface area contributed by atoms with Crippen molar-refractivity contribution >= 4 is 46.4 Å². The predicted molar refractivity (Wildman–Crippen MR) is 122 cm³/mol. The van der Waals surface area contributed by atoms with Gasteiger partial charge in [-0.05, 0) is 48.2 Å². The molecule has 1 aliphatic rings. The molecule has 4 nitrogen and oxygen atoms in total. The minimum atomic E-state index is -0.480. The summed E-state index contributed by atoms with van der Waals surface area (Å²) in [6.07, 6.45) is 0.674. The highest BCUT2D eigenvalue weighted by atomic mass is 35.5.